The quantitative estimate of drug-likeness (QED) is 0.574. The number of carbonyl (C=O) groups is 1. The zero-order chi connectivity index (χ0) is 20.8. The van der Waals surface area contributed by atoms with Crippen molar-refractivity contribution in [3.63, 3.8) is 0 Å². The molecule has 1 N–H and O–H groups in total. The van der Waals surface area contributed by atoms with Gasteiger partial charge in [0.05, 0.1) is 12.3 Å². The van der Waals surface area contributed by atoms with E-state index in [0.717, 1.165) is 49.5 Å². The van der Waals surface area contributed by atoms with Gasteiger partial charge >= 0.3 is 0 Å². The van der Waals surface area contributed by atoms with Crippen molar-refractivity contribution in [2.45, 2.75) is 31.6 Å². The molecule has 30 heavy (non-hydrogen) atoms. The number of nitrogens with one attached hydrogen (secondary N) is 1. The van der Waals surface area contributed by atoms with E-state index < -0.39 is 0 Å². The van der Waals surface area contributed by atoms with Gasteiger partial charge in [0, 0.05) is 42.6 Å². The van der Waals surface area contributed by atoms with Crippen molar-refractivity contribution < 1.29 is 9.53 Å². The molecule has 0 aliphatic carbocycles. The summed E-state index contributed by atoms with van der Waals surface area (Å²) in [6, 6.07) is 19.7. The Kier molecular flexibility index (Phi) is 6.70. The molecule has 1 fully saturated rings. The minimum Gasteiger partial charge on any atom is -0.493 e. The second-order valence-corrected chi connectivity index (χ2v) is 8.12. The van der Waals surface area contributed by atoms with Crippen molar-refractivity contribution in [1.82, 2.24) is 15.1 Å². The van der Waals surface area contributed by atoms with Crippen LogP contribution in [0.25, 0.3) is 0 Å². The first-order chi connectivity index (χ1) is 14.7. The summed E-state index contributed by atoms with van der Waals surface area (Å²) >= 11 is 5.98. The molecular formula is C24H26ClN3O2. The molecule has 0 saturated carbocycles. The van der Waals surface area contributed by atoms with Gasteiger partial charge in [0.15, 0.2) is 0 Å². The Morgan fingerprint density at radius 1 is 1.13 bits per heavy atom. The molecule has 2 heterocycles. The van der Waals surface area contributed by atoms with Gasteiger partial charge in [0.1, 0.15) is 5.75 Å². The van der Waals surface area contributed by atoms with Crippen molar-refractivity contribution in [2.24, 2.45) is 0 Å². The molecule has 0 bridgehead atoms. The monoisotopic (exact) mass is 423 g/mol. The molecule has 0 radical (unpaired) electrons. The number of aryl methyl sites for hydroxylation is 1. The van der Waals surface area contributed by atoms with Gasteiger partial charge in [-0.1, -0.05) is 48.0 Å². The van der Waals surface area contributed by atoms with Crippen molar-refractivity contribution in [3.8, 4) is 5.75 Å². The highest BCUT2D eigenvalue weighted by molar-refractivity contribution is 6.30. The third kappa shape index (κ3) is 5.42. The fourth-order valence-corrected chi connectivity index (χ4v) is 4.01. The van der Waals surface area contributed by atoms with Crippen LogP contribution in [0.4, 0.5) is 0 Å². The number of benzene rings is 2. The van der Waals surface area contributed by atoms with Crippen LogP contribution in [-0.2, 0) is 17.6 Å². The zero-order valence-electron chi connectivity index (χ0n) is 16.9. The summed E-state index contributed by atoms with van der Waals surface area (Å²) in [5.74, 6) is 1.29. The number of hydrogen-bond donors (Lipinski definition) is 1. The molecule has 1 aromatic heterocycles. The molecule has 2 aromatic carbocycles. The van der Waals surface area contributed by atoms with Gasteiger partial charge in [-0.15, -0.1) is 0 Å². The standard InChI is InChI=1S/C24H26ClN3O2/c25-20-7-4-8-22(15-20)30-14-12-21-16-23(27-26-21)19-11-13-28(17-19)24(29)10-9-18-5-2-1-3-6-18/h1-8,15-16,19H,9-14,17H2,(H,26,27). The summed E-state index contributed by atoms with van der Waals surface area (Å²) in [6.45, 7) is 2.10. The number of hydrogen-bond acceptors (Lipinski definition) is 3. The third-order valence-corrected chi connectivity index (χ3v) is 5.75. The fraction of sp³-hybridized carbons (Fsp3) is 0.333. The maximum absolute atomic E-state index is 12.6. The SMILES string of the molecule is O=C(CCc1ccccc1)N1CCC(c2cc(CCOc3cccc(Cl)c3)[nH]n2)C1. The van der Waals surface area contributed by atoms with E-state index in [0.29, 0.717) is 24.0 Å². The van der Waals surface area contributed by atoms with Gasteiger partial charge < -0.3 is 9.64 Å². The molecule has 1 amide bonds. The topological polar surface area (TPSA) is 58.2 Å². The van der Waals surface area contributed by atoms with Crippen LogP contribution in [0.3, 0.4) is 0 Å². The molecule has 1 unspecified atom stereocenters. The first kappa shape index (κ1) is 20.5. The lowest BCUT2D eigenvalue weighted by atomic mass is 10.0. The number of nitrogens with zero attached hydrogens (tertiary/aromatic N) is 2. The van der Waals surface area contributed by atoms with E-state index in [-0.39, 0.29) is 5.91 Å². The number of carbonyl (C=O) groups excluding carboxylic acids is 1. The van der Waals surface area contributed by atoms with E-state index in [2.05, 4.69) is 28.4 Å². The number of H-pyrrole nitrogens is 1. The largest absolute Gasteiger partial charge is 0.493 e. The third-order valence-electron chi connectivity index (χ3n) is 5.52. The summed E-state index contributed by atoms with van der Waals surface area (Å²) in [6.07, 6.45) is 3.05. The highest BCUT2D eigenvalue weighted by atomic mass is 35.5. The van der Waals surface area contributed by atoms with Crippen LogP contribution < -0.4 is 4.74 Å². The summed E-state index contributed by atoms with van der Waals surface area (Å²) in [4.78, 5) is 14.5. The molecule has 1 saturated heterocycles. The van der Waals surface area contributed by atoms with E-state index in [1.807, 2.05) is 47.4 Å². The van der Waals surface area contributed by atoms with E-state index in [1.165, 1.54) is 5.56 Å². The summed E-state index contributed by atoms with van der Waals surface area (Å²) < 4.78 is 5.75. The van der Waals surface area contributed by atoms with E-state index in [1.54, 1.807) is 0 Å². The minimum absolute atomic E-state index is 0.229. The summed E-state index contributed by atoms with van der Waals surface area (Å²) in [7, 11) is 0. The predicted molar refractivity (Wildman–Crippen MR) is 118 cm³/mol. The van der Waals surface area contributed by atoms with Crippen LogP contribution in [0.2, 0.25) is 5.02 Å². The predicted octanol–water partition coefficient (Wildman–Crippen LogP) is 4.63. The van der Waals surface area contributed by atoms with Crippen LogP contribution in [0, 0.1) is 0 Å². The van der Waals surface area contributed by atoms with Crippen molar-refractivity contribution >= 4 is 17.5 Å². The molecule has 4 rings (SSSR count). The Balaban J connectivity index is 1.23. The van der Waals surface area contributed by atoms with Crippen molar-refractivity contribution in [3.05, 3.63) is 82.6 Å². The van der Waals surface area contributed by atoms with Gasteiger partial charge in [-0.3, -0.25) is 9.89 Å². The Hall–Kier alpha value is -2.79. The van der Waals surface area contributed by atoms with Crippen LogP contribution in [0.5, 0.6) is 5.75 Å². The zero-order valence-corrected chi connectivity index (χ0v) is 17.6. The summed E-state index contributed by atoms with van der Waals surface area (Å²) in [5, 5.41) is 8.26. The van der Waals surface area contributed by atoms with E-state index in [9.17, 15) is 4.79 Å². The van der Waals surface area contributed by atoms with Gasteiger partial charge in [0.25, 0.3) is 0 Å². The molecule has 1 aliphatic rings. The molecule has 5 nitrogen and oxygen atoms in total. The van der Waals surface area contributed by atoms with Gasteiger partial charge in [-0.2, -0.15) is 5.10 Å². The Bertz CT molecular complexity index is 973. The van der Waals surface area contributed by atoms with Crippen LogP contribution >= 0.6 is 11.6 Å². The molecule has 156 valence electrons. The van der Waals surface area contributed by atoms with Gasteiger partial charge in [-0.05, 0) is 42.7 Å². The molecule has 0 spiro atoms. The lowest BCUT2D eigenvalue weighted by molar-refractivity contribution is -0.130. The van der Waals surface area contributed by atoms with E-state index >= 15 is 0 Å². The minimum atomic E-state index is 0.229. The Morgan fingerprint density at radius 3 is 2.83 bits per heavy atom. The number of halogens is 1. The maximum atomic E-state index is 12.6. The lowest BCUT2D eigenvalue weighted by Crippen LogP contribution is -2.28. The van der Waals surface area contributed by atoms with E-state index in [4.69, 9.17) is 16.3 Å². The first-order valence-corrected chi connectivity index (χ1v) is 10.8. The summed E-state index contributed by atoms with van der Waals surface area (Å²) in [5.41, 5.74) is 3.28. The molecule has 3 aromatic rings. The van der Waals surface area contributed by atoms with Crippen LogP contribution in [0.1, 0.15) is 35.7 Å². The normalized spacial score (nSPS) is 16.0. The van der Waals surface area contributed by atoms with Crippen LogP contribution in [0.15, 0.2) is 60.7 Å². The number of rotatable bonds is 8. The number of ether oxygens (including phenoxy) is 1. The molecule has 6 heteroatoms. The Labute approximate surface area is 182 Å². The number of aromatic nitrogens is 2. The Morgan fingerprint density at radius 2 is 2.00 bits per heavy atom. The van der Waals surface area contributed by atoms with Gasteiger partial charge in [-0.25, -0.2) is 0 Å². The highest BCUT2D eigenvalue weighted by Crippen LogP contribution is 2.27. The first-order valence-electron chi connectivity index (χ1n) is 10.4. The average Bonchev–Trinajstić information content (AvgIpc) is 3.43. The van der Waals surface area contributed by atoms with Crippen LogP contribution in [-0.4, -0.2) is 40.7 Å². The smallest absolute Gasteiger partial charge is 0.222 e. The second-order valence-electron chi connectivity index (χ2n) is 7.68. The molecule has 1 atom stereocenters. The number of likely N-dealkylation sites (tertiary alicyclic amines) is 1. The lowest BCUT2D eigenvalue weighted by Gasteiger charge is -2.16. The molecular weight excluding hydrogens is 398 g/mol. The maximum Gasteiger partial charge on any atom is 0.222 e. The highest BCUT2D eigenvalue weighted by Gasteiger charge is 2.28. The second kappa shape index (κ2) is 9.81. The fourth-order valence-electron chi connectivity index (χ4n) is 3.83. The number of amides is 1. The van der Waals surface area contributed by atoms with Crippen molar-refractivity contribution in [1.29, 1.82) is 0 Å². The average molecular weight is 424 g/mol. The number of aromatic amines is 1. The van der Waals surface area contributed by atoms with Gasteiger partial charge in [0.2, 0.25) is 5.91 Å². The molecule has 1 aliphatic heterocycles. The van der Waals surface area contributed by atoms with Crippen molar-refractivity contribution in [2.75, 3.05) is 19.7 Å².